The third kappa shape index (κ3) is 3.83. The highest BCUT2D eigenvalue weighted by Gasteiger charge is 2.25. The summed E-state index contributed by atoms with van der Waals surface area (Å²) in [6.07, 6.45) is -0.913. The van der Waals surface area contributed by atoms with E-state index < -0.39 is 43.3 Å². The number of benzene rings is 1. The van der Waals surface area contributed by atoms with Gasteiger partial charge in [-0.2, -0.15) is 8.42 Å². The average Bonchev–Trinajstić information content (AvgIpc) is 2.24. The highest BCUT2D eigenvalue weighted by molar-refractivity contribution is 7.86. The van der Waals surface area contributed by atoms with Gasteiger partial charge in [0, 0.05) is 12.6 Å². The molecule has 106 valence electrons. The second kappa shape index (κ2) is 5.45. The normalized spacial score (nSPS) is 13.1. The third-order valence-corrected chi connectivity index (χ3v) is 2.89. The molecule has 19 heavy (non-hydrogen) atoms. The zero-order valence-corrected chi connectivity index (χ0v) is 10.4. The number of anilines is 1. The third-order valence-electron chi connectivity index (χ3n) is 2.10. The summed E-state index contributed by atoms with van der Waals surface area (Å²) >= 11 is 0. The maximum absolute atomic E-state index is 13.6. The number of halogens is 2. The van der Waals surface area contributed by atoms with E-state index in [1.807, 2.05) is 0 Å². The summed E-state index contributed by atoms with van der Waals surface area (Å²) in [6.45, 7) is 1.16. The molecule has 0 aromatic heterocycles. The lowest BCUT2D eigenvalue weighted by molar-refractivity contribution is -0.384. The minimum absolute atomic E-state index is 0.195. The Morgan fingerprint density at radius 3 is 2.53 bits per heavy atom. The van der Waals surface area contributed by atoms with Gasteiger partial charge >= 0.3 is 10.2 Å². The zero-order chi connectivity index (χ0) is 14.8. The van der Waals surface area contributed by atoms with Crippen LogP contribution in [0, 0.1) is 15.9 Å². The van der Waals surface area contributed by atoms with Gasteiger partial charge in [-0.25, -0.2) is 4.39 Å². The minimum atomic E-state index is -5.25. The summed E-state index contributed by atoms with van der Waals surface area (Å²) in [7, 11) is -5.25. The van der Waals surface area contributed by atoms with Gasteiger partial charge < -0.3 is 10.4 Å². The lowest BCUT2D eigenvalue weighted by Crippen LogP contribution is -2.17. The van der Waals surface area contributed by atoms with Gasteiger partial charge in [0.2, 0.25) is 0 Å². The Bertz CT molecular complexity index is 603. The first-order valence-corrected chi connectivity index (χ1v) is 6.36. The van der Waals surface area contributed by atoms with Crippen LogP contribution in [0.3, 0.4) is 0 Å². The van der Waals surface area contributed by atoms with Crippen molar-refractivity contribution in [1.82, 2.24) is 0 Å². The van der Waals surface area contributed by atoms with E-state index in [0.717, 1.165) is 0 Å². The van der Waals surface area contributed by atoms with Crippen LogP contribution in [-0.2, 0) is 10.2 Å². The first-order valence-electron chi connectivity index (χ1n) is 4.97. The van der Waals surface area contributed by atoms with Crippen LogP contribution in [0.1, 0.15) is 6.92 Å². The van der Waals surface area contributed by atoms with Crippen molar-refractivity contribution in [1.29, 1.82) is 0 Å². The average molecular weight is 296 g/mol. The van der Waals surface area contributed by atoms with Crippen LogP contribution in [0.15, 0.2) is 17.0 Å². The SMILES string of the molecule is C[C@@H](O)CNc1c(F)cc(S(=O)(=O)F)cc1[N+](=O)[O-]. The van der Waals surface area contributed by atoms with Crippen molar-refractivity contribution >= 4 is 21.6 Å². The van der Waals surface area contributed by atoms with Crippen molar-refractivity contribution in [2.24, 2.45) is 0 Å². The number of nitro groups is 1. The largest absolute Gasteiger partial charge is 0.392 e. The fraction of sp³-hybridized carbons (Fsp3) is 0.333. The van der Waals surface area contributed by atoms with E-state index >= 15 is 0 Å². The Hall–Kier alpha value is -1.81. The molecular formula is C9H10F2N2O5S. The number of hydrogen-bond acceptors (Lipinski definition) is 6. The molecule has 10 heteroatoms. The quantitative estimate of drug-likeness (QED) is 0.480. The Morgan fingerprint density at radius 2 is 2.11 bits per heavy atom. The van der Waals surface area contributed by atoms with Gasteiger partial charge in [-0.15, -0.1) is 3.89 Å². The molecule has 1 atom stereocenters. The Morgan fingerprint density at radius 1 is 1.53 bits per heavy atom. The van der Waals surface area contributed by atoms with Crippen LogP contribution < -0.4 is 5.32 Å². The highest BCUT2D eigenvalue weighted by Crippen LogP contribution is 2.31. The molecule has 0 saturated carbocycles. The van der Waals surface area contributed by atoms with Gasteiger partial charge in [-0.1, -0.05) is 0 Å². The number of nitro benzene ring substituents is 1. The highest BCUT2D eigenvalue weighted by atomic mass is 32.3. The summed E-state index contributed by atoms with van der Waals surface area (Å²) in [5, 5.41) is 22.0. The fourth-order valence-electron chi connectivity index (χ4n) is 1.28. The van der Waals surface area contributed by atoms with Gasteiger partial charge in [0.1, 0.15) is 10.6 Å². The van der Waals surface area contributed by atoms with Crippen LogP contribution in [0.2, 0.25) is 0 Å². The molecule has 0 fully saturated rings. The maximum atomic E-state index is 13.6. The summed E-state index contributed by atoms with van der Waals surface area (Å²) in [6, 6.07) is 0.732. The summed E-state index contributed by atoms with van der Waals surface area (Å²) in [4.78, 5) is 8.52. The van der Waals surface area contributed by atoms with Crippen LogP contribution in [-0.4, -0.2) is 31.1 Å². The number of aliphatic hydroxyl groups excluding tert-OH is 1. The van der Waals surface area contributed by atoms with E-state index in [2.05, 4.69) is 5.32 Å². The topological polar surface area (TPSA) is 110 Å². The van der Waals surface area contributed by atoms with Crippen LogP contribution in [0.25, 0.3) is 0 Å². The molecule has 1 aromatic carbocycles. The predicted octanol–water partition coefficient (Wildman–Crippen LogP) is 1.18. The zero-order valence-electron chi connectivity index (χ0n) is 9.63. The van der Waals surface area contributed by atoms with E-state index in [4.69, 9.17) is 5.11 Å². The molecule has 0 heterocycles. The molecule has 0 spiro atoms. The van der Waals surface area contributed by atoms with Crippen LogP contribution in [0.4, 0.5) is 19.7 Å². The second-order valence-corrected chi connectivity index (χ2v) is 5.07. The van der Waals surface area contributed by atoms with Crippen molar-refractivity contribution < 1.29 is 26.7 Å². The van der Waals surface area contributed by atoms with Crippen LogP contribution >= 0.6 is 0 Å². The number of aliphatic hydroxyl groups is 1. The standard InChI is InChI=1S/C9H10F2N2O5S/c1-5(14)4-12-9-7(10)2-6(19(11,17)18)3-8(9)13(15)16/h2-3,5,12,14H,4H2,1H3/t5-/m1/s1. The Kier molecular flexibility index (Phi) is 4.37. The maximum Gasteiger partial charge on any atom is 0.332 e. The van der Waals surface area contributed by atoms with Gasteiger partial charge in [0.25, 0.3) is 5.69 Å². The predicted molar refractivity (Wildman–Crippen MR) is 61.5 cm³/mol. The van der Waals surface area contributed by atoms with Gasteiger partial charge in [-0.05, 0) is 13.0 Å². The molecule has 1 aromatic rings. The fourth-order valence-corrected chi connectivity index (χ4v) is 1.77. The summed E-state index contributed by atoms with van der Waals surface area (Å²) in [5.41, 5.74) is -1.55. The molecule has 2 N–H and O–H groups in total. The molecule has 0 bridgehead atoms. The summed E-state index contributed by atoms with van der Waals surface area (Å²) in [5.74, 6) is -1.30. The molecule has 0 aliphatic rings. The number of nitrogens with one attached hydrogen (secondary N) is 1. The monoisotopic (exact) mass is 296 g/mol. The van der Waals surface area contributed by atoms with Crippen molar-refractivity contribution in [3.8, 4) is 0 Å². The minimum Gasteiger partial charge on any atom is -0.392 e. The van der Waals surface area contributed by atoms with E-state index in [1.165, 1.54) is 6.92 Å². The number of rotatable bonds is 5. The van der Waals surface area contributed by atoms with Gasteiger partial charge in [0.15, 0.2) is 5.82 Å². The molecule has 0 saturated heterocycles. The molecule has 0 aliphatic carbocycles. The Balaban J connectivity index is 3.35. The van der Waals surface area contributed by atoms with Gasteiger partial charge in [-0.3, -0.25) is 10.1 Å². The van der Waals surface area contributed by atoms with Crippen molar-refractivity contribution in [2.45, 2.75) is 17.9 Å². The lowest BCUT2D eigenvalue weighted by atomic mass is 10.2. The lowest BCUT2D eigenvalue weighted by Gasteiger charge is -2.10. The molecule has 0 unspecified atom stereocenters. The van der Waals surface area contributed by atoms with E-state index in [9.17, 15) is 26.8 Å². The Labute approximate surface area is 107 Å². The van der Waals surface area contributed by atoms with Crippen molar-refractivity contribution in [3.63, 3.8) is 0 Å². The summed E-state index contributed by atoms with van der Waals surface area (Å²) < 4.78 is 47.5. The molecule has 1 rings (SSSR count). The second-order valence-electron chi connectivity index (χ2n) is 3.72. The number of nitrogens with zero attached hydrogens (tertiary/aromatic N) is 1. The molecule has 0 aliphatic heterocycles. The van der Waals surface area contributed by atoms with Crippen molar-refractivity contribution in [3.05, 3.63) is 28.1 Å². The van der Waals surface area contributed by atoms with Crippen LogP contribution in [0.5, 0.6) is 0 Å². The van der Waals surface area contributed by atoms with E-state index in [1.54, 1.807) is 0 Å². The van der Waals surface area contributed by atoms with E-state index in [-0.39, 0.29) is 6.54 Å². The smallest absolute Gasteiger partial charge is 0.332 e. The molecule has 0 radical (unpaired) electrons. The van der Waals surface area contributed by atoms with Gasteiger partial charge in [0.05, 0.1) is 11.0 Å². The first-order chi connectivity index (χ1) is 8.62. The van der Waals surface area contributed by atoms with E-state index in [0.29, 0.717) is 12.1 Å². The molecule has 0 amide bonds. The molecular weight excluding hydrogens is 286 g/mol. The number of hydrogen-bond donors (Lipinski definition) is 2. The van der Waals surface area contributed by atoms with Crippen molar-refractivity contribution in [2.75, 3.05) is 11.9 Å². The molecule has 7 nitrogen and oxygen atoms in total. The first kappa shape index (κ1) is 15.2.